The first-order valence-corrected chi connectivity index (χ1v) is 5.97. The van der Waals surface area contributed by atoms with Crippen LogP contribution in [0.5, 0.6) is 0 Å². The highest BCUT2D eigenvalue weighted by molar-refractivity contribution is 5.65. The quantitative estimate of drug-likeness (QED) is 0.807. The molecule has 0 amide bonds. The summed E-state index contributed by atoms with van der Waals surface area (Å²) in [6.07, 6.45) is 3.79. The fraction of sp³-hybridized carbons (Fsp3) is 0.750. The van der Waals surface area contributed by atoms with Crippen LogP contribution in [0, 0.1) is 12.3 Å². The van der Waals surface area contributed by atoms with Gasteiger partial charge in [-0.05, 0) is 25.2 Å². The van der Waals surface area contributed by atoms with Gasteiger partial charge < -0.3 is 11.1 Å². The van der Waals surface area contributed by atoms with Gasteiger partial charge >= 0.3 is 0 Å². The molecule has 0 radical (unpaired) electrons. The van der Waals surface area contributed by atoms with Gasteiger partial charge in [0.1, 0.15) is 5.82 Å². The SMILES string of the molecule is Cc1nn(C)c(NC2CCCC2(C)C)c1N. The van der Waals surface area contributed by atoms with Gasteiger partial charge in [-0.15, -0.1) is 0 Å². The third-order valence-electron chi connectivity index (χ3n) is 3.84. The zero-order chi connectivity index (χ0) is 11.9. The maximum absolute atomic E-state index is 6.02. The summed E-state index contributed by atoms with van der Waals surface area (Å²) in [5.41, 5.74) is 8.06. The average molecular weight is 222 g/mol. The number of nitrogens with one attached hydrogen (secondary N) is 1. The molecule has 3 N–H and O–H groups in total. The van der Waals surface area contributed by atoms with Crippen LogP contribution in [0.4, 0.5) is 11.5 Å². The second-order valence-electron chi connectivity index (χ2n) is 5.55. The molecule has 1 atom stereocenters. The van der Waals surface area contributed by atoms with Gasteiger partial charge in [-0.25, -0.2) is 0 Å². The molecule has 90 valence electrons. The van der Waals surface area contributed by atoms with E-state index in [9.17, 15) is 0 Å². The summed E-state index contributed by atoms with van der Waals surface area (Å²) in [7, 11) is 1.94. The second kappa shape index (κ2) is 3.68. The van der Waals surface area contributed by atoms with E-state index in [2.05, 4.69) is 24.3 Å². The molecule has 1 fully saturated rings. The highest BCUT2D eigenvalue weighted by atomic mass is 15.3. The van der Waals surface area contributed by atoms with E-state index in [1.165, 1.54) is 19.3 Å². The zero-order valence-corrected chi connectivity index (χ0v) is 10.7. The van der Waals surface area contributed by atoms with Crippen LogP contribution in [0.15, 0.2) is 0 Å². The monoisotopic (exact) mass is 222 g/mol. The van der Waals surface area contributed by atoms with Gasteiger partial charge in [0, 0.05) is 13.1 Å². The highest BCUT2D eigenvalue weighted by Gasteiger charge is 2.35. The predicted octanol–water partition coefficient (Wildman–Crippen LogP) is 2.30. The number of aryl methyl sites for hydroxylation is 2. The molecule has 1 saturated carbocycles. The van der Waals surface area contributed by atoms with Crippen molar-refractivity contribution in [1.29, 1.82) is 0 Å². The lowest BCUT2D eigenvalue weighted by atomic mass is 9.87. The Morgan fingerprint density at radius 1 is 1.50 bits per heavy atom. The van der Waals surface area contributed by atoms with Crippen LogP contribution < -0.4 is 11.1 Å². The molecule has 0 aliphatic heterocycles. The number of nitrogen functional groups attached to an aromatic ring is 1. The van der Waals surface area contributed by atoms with Crippen LogP contribution >= 0.6 is 0 Å². The van der Waals surface area contributed by atoms with E-state index in [1.54, 1.807) is 0 Å². The Bertz CT molecular complexity index is 392. The lowest BCUT2D eigenvalue weighted by Crippen LogP contribution is -2.31. The van der Waals surface area contributed by atoms with Crippen LogP contribution in [0.2, 0.25) is 0 Å². The maximum Gasteiger partial charge on any atom is 0.148 e. The van der Waals surface area contributed by atoms with Gasteiger partial charge in [0.2, 0.25) is 0 Å². The number of hydrogen-bond acceptors (Lipinski definition) is 3. The number of hydrogen-bond donors (Lipinski definition) is 2. The van der Waals surface area contributed by atoms with Crippen molar-refractivity contribution >= 4 is 11.5 Å². The van der Waals surface area contributed by atoms with Crippen molar-refractivity contribution in [3.63, 3.8) is 0 Å². The van der Waals surface area contributed by atoms with Gasteiger partial charge in [0.15, 0.2) is 0 Å². The molecule has 0 bridgehead atoms. The minimum atomic E-state index is 0.352. The first kappa shape index (κ1) is 11.3. The Labute approximate surface area is 97.2 Å². The molecule has 1 unspecified atom stereocenters. The number of nitrogens with two attached hydrogens (primary N) is 1. The van der Waals surface area contributed by atoms with Crippen LogP contribution in [0.1, 0.15) is 38.8 Å². The first-order chi connectivity index (χ1) is 7.42. The minimum absolute atomic E-state index is 0.352. The molecule has 2 rings (SSSR count). The number of anilines is 2. The fourth-order valence-corrected chi connectivity index (χ4v) is 2.61. The smallest absolute Gasteiger partial charge is 0.148 e. The third kappa shape index (κ3) is 1.77. The van der Waals surface area contributed by atoms with Crippen LogP contribution in [-0.2, 0) is 7.05 Å². The second-order valence-corrected chi connectivity index (χ2v) is 5.55. The van der Waals surface area contributed by atoms with Crippen molar-refractivity contribution in [3.8, 4) is 0 Å². The first-order valence-electron chi connectivity index (χ1n) is 5.97. The van der Waals surface area contributed by atoms with E-state index in [-0.39, 0.29) is 0 Å². The van der Waals surface area contributed by atoms with Gasteiger partial charge in [0.05, 0.1) is 11.4 Å². The molecule has 4 nitrogen and oxygen atoms in total. The maximum atomic E-state index is 6.02. The Morgan fingerprint density at radius 3 is 2.62 bits per heavy atom. The Balaban J connectivity index is 2.21. The molecule has 1 aliphatic carbocycles. The Kier molecular flexibility index (Phi) is 2.60. The minimum Gasteiger partial charge on any atom is -0.394 e. The van der Waals surface area contributed by atoms with E-state index in [0.717, 1.165) is 17.2 Å². The molecule has 16 heavy (non-hydrogen) atoms. The molecule has 1 aliphatic rings. The highest BCUT2D eigenvalue weighted by Crippen LogP contribution is 2.39. The molecule has 0 saturated heterocycles. The summed E-state index contributed by atoms with van der Waals surface area (Å²) in [5, 5.41) is 7.89. The number of aromatic nitrogens is 2. The van der Waals surface area contributed by atoms with Crippen molar-refractivity contribution in [1.82, 2.24) is 9.78 Å². The van der Waals surface area contributed by atoms with Gasteiger partial charge in [-0.1, -0.05) is 20.3 Å². The molecule has 1 aromatic heterocycles. The molecular formula is C12H22N4. The normalized spacial score (nSPS) is 23.6. The van der Waals surface area contributed by atoms with Gasteiger partial charge in [-0.3, -0.25) is 4.68 Å². The van der Waals surface area contributed by atoms with E-state index in [0.29, 0.717) is 11.5 Å². The zero-order valence-electron chi connectivity index (χ0n) is 10.7. The van der Waals surface area contributed by atoms with E-state index in [1.807, 2.05) is 18.7 Å². The molecular weight excluding hydrogens is 200 g/mol. The van der Waals surface area contributed by atoms with Crippen LogP contribution in [0.25, 0.3) is 0 Å². The van der Waals surface area contributed by atoms with Crippen molar-refractivity contribution in [2.75, 3.05) is 11.1 Å². The van der Waals surface area contributed by atoms with Crippen molar-refractivity contribution in [2.45, 2.75) is 46.1 Å². The van der Waals surface area contributed by atoms with E-state index >= 15 is 0 Å². The topological polar surface area (TPSA) is 55.9 Å². The van der Waals surface area contributed by atoms with Gasteiger partial charge in [0.25, 0.3) is 0 Å². The predicted molar refractivity (Wildman–Crippen MR) is 67.4 cm³/mol. The Morgan fingerprint density at radius 2 is 2.19 bits per heavy atom. The van der Waals surface area contributed by atoms with Crippen molar-refractivity contribution < 1.29 is 0 Å². The van der Waals surface area contributed by atoms with Crippen molar-refractivity contribution in [2.24, 2.45) is 12.5 Å². The number of rotatable bonds is 2. The largest absolute Gasteiger partial charge is 0.394 e. The molecule has 1 heterocycles. The Hall–Kier alpha value is -1.19. The van der Waals surface area contributed by atoms with E-state index in [4.69, 9.17) is 5.73 Å². The van der Waals surface area contributed by atoms with Crippen LogP contribution in [-0.4, -0.2) is 15.8 Å². The number of nitrogens with zero attached hydrogens (tertiary/aromatic N) is 2. The summed E-state index contributed by atoms with van der Waals surface area (Å²) in [6.45, 7) is 6.58. The van der Waals surface area contributed by atoms with E-state index < -0.39 is 0 Å². The molecule has 0 aromatic carbocycles. The fourth-order valence-electron chi connectivity index (χ4n) is 2.61. The third-order valence-corrected chi connectivity index (χ3v) is 3.84. The summed E-state index contributed by atoms with van der Waals surface area (Å²) in [5.74, 6) is 0.970. The lowest BCUT2D eigenvalue weighted by Gasteiger charge is -2.28. The standard InChI is InChI=1S/C12H22N4/c1-8-10(13)11(16(4)15-8)14-9-6-5-7-12(9,2)3/h9,14H,5-7,13H2,1-4H3. The molecule has 1 aromatic rings. The van der Waals surface area contributed by atoms with Crippen LogP contribution in [0.3, 0.4) is 0 Å². The average Bonchev–Trinajstić information content (AvgIpc) is 2.62. The van der Waals surface area contributed by atoms with Gasteiger partial charge in [-0.2, -0.15) is 5.10 Å². The summed E-state index contributed by atoms with van der Waals surface area (Å²) < 4.78 is 1.85. The summed E-state index contributed by atoms with van der Waals surface area (Å²) >= 11 is 0. The van der Waals surface area contributed by atoms with Crippen molar-refractivity contribution in [3.05, 3.63) is 5.69 Å². The lowest BCUT2D eigenvalue weighted by molar-refractivity contribution is 0.348. The molecule has 4 heteroatoms. The molecule has 0 spiro atoms. The summed E-state index contributed by atoms with van der Waals surface area (Å²) in [4.78, 5) is 0. The summed E-state index contributed by atoms with van der Waals surface area (Å²) in [6, 6.07) is 0.504.